The molecular formula is C9H16O7. The molecule has 0 unspecified atom stereocenters. The van der Waals surface area contributed by atoms with E-state index in [4.69, 9.17) is 14.9 Å². The minimum absolute atomic E-state index is 0.562. The topological polar surface area (TPSA) is 127 Å². The number of carbonyl (C=O) groups is 1. The lowest BCUT2D eigenvalue weighted by Crippen LogP contribution is -2.60. The first-order chi connectivity index (χ1) is 7.40. The van der Waals surface area contributed by atoms with Crippen LogP contribution in [-0.2, 0) is 9.53 Å². The number of aliphatic carboxylic acids is 1. The third-order valence-electron chi connectivity index (χ3n) is 2.81. The molecule has 1 aliphatic heterocycles. The van der Waals surface area contributed by atoms with Crippen molar-refractivity contribution in [3.8, 4) is 0 Å². The fraction of sp³-hybridized carbons (Fsp3) is 0.889. The molecule has 0 aliphatic carbocycles. The van der Waals surface area contributed by atoms with Crippen molar-refractivity contribution in [3.63, 3.8) is 0 Å². The van der Waals surface area contributed by atoms with Gasteiger partial charge in [0, 0.05) is 0 Å². The van der Waals surface area contributed by atoms with Crippen molar-refractivity contribution in [1.82, 2.24) is 0 Å². The summed E-state index contributed by atoms with van der Waals surface area (Å²) in [6.07, 6.45) is -6.71. The summed E-state index contributed by atoms with van der Waals surface area (Å²) in [6.45, 7) is 0.753. The van der Waals surface area contributed by atoms with Crippen molar-refractivity contribution in [2.75, 3.05) is 6.61 Å². The maximum atomic E-state index is 10.7. The summed E-state index contributed by atoms with van der Waals surface area (Å²) in [6, 6.07) is 0. The summed E-state index contributed by atoms with van der Waals surface area (Å²) in [4.78, 5) is 10.7. The van der Waals surface area contributed by atoms with Crippen molar-refractivity contribution < 1.29 is 35.1 Å². The predicted molar refractivity (Wildman–Crippen MR) is 50.6 cm³/mol. The smallest absolute Gasteiger partial charge is 0.308 e. The lowest BCUT2D eigenvalue weighted by atomic mass is 9.89. The predicted octanol–water partition coefficient (Wildman–Crippen LogP) is -2.45. The van der Waals surface area contributed by atoms with E-state index in [0.717, 1.165) is 0 Å². The van der Waals surface area contributed by atoms with Crippen LogP contribution in [0.5, 0.6) is 0 Å². The van der Waals surface area contributed by atoms with Crippen LogP contribution in [0.1, 0.15) is 6.92 Å². The zero-order valence-electron chi connectivity index (χ0n) is 8.72. The fourth-order valence-corrected chi connectivity index (χ4v) is 1.68. The Hall–Kier alpha value is -0.730. The number of aliphatic hydroxyl groups is 4. The van der Waals surface area contributed by atoms with Gasteiger partial charge < -0.3 is 30.3 Å². The van der Waals surface area contributed by atoms with E-state index in [-0.39, 0.29) is 0 Å². The maximum absolute atomic E-state index is 10.7. The summed E-state index contributed by atoms with van der Waals surface area (Å²) in [7, 11) is 0. The Labute approximate surface area is 91.9 Å². The van der Waals surface area contributed by atoms with Crippen molar-refractivity contribution in [1.29, 1.82) is 0 Å². The van der Waals surface area contributed by atoms with Gasteiger partial charge in [-0.3, -0.25) is 4.79 Å². The van der Waals surface area contributed by atoms with Crippen molar-refractivity contribution in [2.24, 2.45) is 5.92 Å². The number of carboxylic acid groups (broad SMARTS) is 1. The maximum Gasteiger partial charge on any atom is 0.308 e. The van der Waals surface area contributed by atoms with Crippen LogP contribution in [0.2, 0.25) is 0 Å². The second-order valence-corrected chi connectivity index (χ2v) is 3.92. The SMILES string of the molecule is C[C@H](C(=O)O)[C@H]1O[C@H](CO)[C@@H](O)[C@H](O)[C@H]1O. The van der Waals surface area contributed by atoms with Gasteiger partial charge in [-0.15, -0.1) is 0 Å². The highest BCUT2D eigenvalue weighted by atomic mass is 16.5. The van der Waals surface area contributed by atoms with Gasteiger partial charge >= 0.3 is 5.97 Å². The average molecular weight is 236 g/mol. The van der Waals surface area contributed by atoms with E-state index in [1.165, 1.54) is 6.92 Å². The van der Waals surface area contributed by atoms with Gasteiger partial charge in [-0.1, -0.05) is 0 Å². The lowest BCUT2D eigenvalue weighted by molar-refractivity contribution is -0.240. The van der Waals surface area contributed by atoms with Gasteiger partial charge in [-0.2, -0.15) is 0 Å². The molecule has 1 heterocycles. The van der Waals surface area contributed by atoms with Crippen LogP contribution in [0.25, 0.3) is 0 Å². The van der Waals surface area contributed by atoms with Crippen LogP contribution in [0.15, 0.2) is 0 Å². The molecule has 94 valence electrons. The van der Waals surface area contributed by atoms with Gasteiger partial charge in [-0.25, -0.2) is 0 Å². The molecule has 0 aromatic carbocycles. The van der Waals surface area contributed by atoms with E-state index in [2.05, 4.69) is 0 Å². The highest BCUT2D eigenvalue weighted by Gasteiger charge is 2.46. The van der Waals surface area contributed by atoms with Crippen LogP contribution >= 0.6 is 0 Å². The molecule has 0 radical (unpaired) electrons. The standard InChI is InChI=1S/C9H16O7/c1-3(9(14)15)8-7(13)6(12)5(11)4(2-10)16-8/h3-8,10-13H,2H2,1H3,(H,14,15)/t3-,4+,5+,6-,7+,8+/m0/s1. The van der Waals surface area contributed by atoms with E-state index < -0.39 is 49.0 Å². The number of hydrogen-bond donors (Lipinski definition) is 5. The Kier molecular flexibility index (Phi) is 4.22. The molecule has 1 aliphatic rings. The van der Waals surface area contributed by atoms with E-state index >= 15 is 0 Å². The van der Waals surface area contributed by atoms with E-state index in [0.29, 0.717) is 0 Å². The van der Waals surface area contributed by atoms with Crippen molar-refractivity contribution in [2.45, 2.75) is 37.4 Å². The van der Waals surface area contributed by atoms with Gasteiger partial charge in [0.05, 0.1) is 18.6 Å². The van der Waals surface area contributed by atoms with Gasteiger partial charge in [0.2, 0.25) is 0 Å². The van der Waals surface area contributed by atoms with Crippen LogP contribution in [0.3, 0.4) is 0 Å². The molecule has 1 fully saturated rings. The van der Waals surface area contributed by atoms with Crippen LogP contribution in [0.4, 0.5) is 0 Å². The minimum atomic E-state index is -1.53. The molecule has 0 bridgehead atoms. The normalized spacial score (nSPS) is 41.7. The number of carboxylic acids is 1. The first-order valence-corrected chi connectivity index (χ1v) is 4.93. The number of hydrogen-bond acceptors (Lipinski definition) is 6. The number of rotatable bonds is 3. The zero-order chi connectivity index (χ0) is 12.5. The average Bonchev–Trinajstić information content (AvgIpc) is 2.25. The summed E-state index contributed by atoms with van der Waals surface area (Å²) >= 11 is 0. The van der Waals surface area contributed by atoms with Gasteiger partial charge in [0.15, 0.2) is 0 Å². The second kappa shape index (κ2) is 5.07. The summed E-state index contributed by atoms with van der Waals surface area (Å²) < 4.78 is 5.06. The van der Waals surface area contributed by atoms with Gasteiger partial charge in [0.1, 0.15) is 24.4 Å². The third-order valence-corrected chi connectivity index (χ3v) is 2.81. The largest absolute Gasteiger partial charge is 0.481 e. The highest BCUT2D eigenvalue weighted by Crippen LogP contribution is 2.25. The molecular weight excluding hydrogens is 220 g/mol. The highest BCUT2D eigenvalue weighted by molar-refractivity contribution is 5.70. The zero-order valence-corrected chi connectivity index (χ0v) is 8.72. The van der Waals surface area contributed by atoms with Crippen LogP contribution < -0.4 is 0 Å². The molecule has 1 saturated heterocycles. The fourth-order valence-electron chi connectivity index (χ4n) is 1.68. The van der Waals surface area contributed by atoms with Crippen molar-refractivity contribution in [3.05, 3.63) is 0 Å². The summed E-state index contributed by atoms with van der Waals surface area (Å²) in [5.41, 5.74) is 0. The molecule has 0 aromatic heterocycles. The monoisotopic (exact) mass is 236 g/mol. The van der Waals surface area contributed by atoms with Gasteiger partial charge in [-0.05, 0) is 6.92 Å². The third kappa shape index (κ3) is 2.33. The molecule has 1 rings (SSSR count). The quantitative estimate of drug-likeness (QED) is 0.368. The van der Waals surface area contributed by atoms with E-state index in [1.807, 2.05) is 0 Å². The molecule has 6 atom stereocenters. The molecule has 0 saturated carbocycles. The van der Waals surface area contributed by atoms with Crippen LogP contribution in [-0.4, -0.2) is 68.6 Å². The van der Waals surface area contributed by atoms with Gasteiger partial charge in [0.25, 0.3) is 0 Å². The Balaban J connectivity index is 2.82. The van der Waals surface area contributed by atoms with Crippen molar-refractivity contribution >= 4 is 5.97 Å². The number of aliphatic hydroxyl groups excluding tert-OH is 4. The summed E-state index contributed by atoms with van der Waals surface area (Å²) in [5, 5.41) is 46.1. The van der Waals surface area contributed by atoms with E-state index in [1.54, 1.807) is 0 Å². The summed E-state index contributed by atoms with van der Waals surface area (Å²) in [5.74, 6) is -2.24. The van der Waals surface area contributed by atoms with Crippen LogP contribution in [0, 0.1) is 5.92 Å². The first-order valence-electron chi connectivity index (χ1n) is 4.93. The van der Waals surface area contributed by atoms with E-state index in [9.17, 15) is 20.1 Å². The lowest BCUT2D eigenvalue weighted by Gasteiger charge is -2.41. The molecule has 0 aromatic rings. The minimum Gasteiger partial charge on any atom is -0.481 e. The molecule has 0 amide bonds. The molecule has 16 heavy (non-hydrogen) atoms. The molecule has 7 heteroatoms. The Morgan fingerprint density at radius 3 is 2.25 bits per heavy atom. The Bertz CT molecular complexity index is 254. The Morgan fingerprint density at radius 2 is 1.81 bits per heavy atom. The molecule has 7 nitrogen and oxygen atoms in total. The Morgan fingerprint density at radius 1 is 1.25 bits per heavy atom. The first kappa shape index (κ1) is 13.3. The second-order valence-electron chi connectivity index (χ2n) is 3.92. The molecule has 0 spiro atoms. The number of ether oxygens (including phenoxy) is 1. The molecule has 5 N–H and O–H groups in total.